The molecule has 0 bridgehead atoms. The number of aliphatic hydroxyl groups excluding tert-OH is 1. The quantitative estimate of drug-likeness (QED) is 0.676. The van der Waals surface area contributed by atoms with Gasteiger partial charge in [0.1, 0.15) is 6.04 Å². The molecule has 0 saturated heterocycles. The molecule has 4 heteroatoms. The lowest BCUT2D eigenvalue weighted by Gasteiger charge is -2.24. The van der Waals surface area contributed by atoms with Crippen LogP contribution in [0.3, 0.4) is 0 Å². The Balaban J connectivity index is 2.27. The number of rotatable bonds is 2. The lowest BCUT2D eigenvalue weighted by Crippen LogP contribution is -2.33. The van der Waals surface area contributed by atoms with E-state index in [1.165, 1.54) is 0 Å². The highest BCUT2D eigenvalue weighted by molar-refractivity contribution is 5.79. The number of carboxylic acids is 1. The minimum Gasteiger partial charge on any atom is -0.480 e. The molecule has 1 heterocycles. The summed E-state index contributed by atoms with van der Waals surface area (Å²) in [4.78, 5) is 10.8. The molecule has 1 aliphatic heterocycles. The Morgan fingerprint density at radius 2 is 2.33 bits per heavy atom. The summed E-state index contributed by atoms with van der Waals surface area (Å²) in [6, 6.07) is 5.10. The maximum atomic E-state index is 10.8. The summed E-state index contributed by atoms with van der Waals surface area (Å²) >= 11 is 0. The lowest BCUT2D eigenvalue weighted by atomic mass is 9.97. The lowest BCUT2D eigenvalue weighted by molar-refractivity contribution is -0.138. The molecular weight excluding hydrogens is 194 g/mol. The van der Waals surface area contributed by atoms with E-state index in [4.69, 9.17) is 10.2 Å². The fraction of sp³-hybridized carbons (Fsp3) is 0.364. The fourth-order valence-corrected chi connectivity index (χ4v) is 1.82. The second-order valence-electron chi connectivity index (χ2n) is 3.72. The molecular formula is C11H13NO3. The predicted molar refractivity (Wildman–Crippen MR) is 55.7 cm³/mol. The molecule has 1 aromatic carbocycles. The zero-order valence-corrected chi connectivity index (χ0v) is 8.23. The number of aryl methyl sites for hydroxylation is 1. The first-order valence-electron chi connectivity index (χ1n) is 4.92. The third-order valence-electron chi connectivity index (χ3n) is 2.69. The van der Waals surface area contributed by atoms with Gasteiger partial charge in [0.2, 0.25) is 0 Å². The van der Waals surface area contributed by atoms with Crippen LogP contribution in [0.5, 0.6) is 0 Å². The van der Waals surface area contributed by atoms with Gasteiger partial charge in [0.25, 0.3) is 0 Å². The molecule has 0 amide bonds. The summed E-state index contributed by atoms with van der Waals surface area (Å²) in [7, 11) is 0. The SMILES string of the molecule is O=C(O)C1CCc2ccc(CO)cc2N1. The van der Waals surface area contributed by atoms with Crippen molar-refractivity contribution in [3.63, 3.8) is 0 Å². The number of hydrogen-bond donors (Lipinski definition) is 3. The van der Waals surface area contributed by atoms with Gasteiger partial charge in [0.05, 0.1) is 6.61 Å². The van der Waals surface area contributed by atoms with E-state index in [0.717, 1.165) is 23.2 Å². The molecule has 1 aliphatic rings. The molecule has 1 atom stereocenters. The Bertz CT molecular complexity index is 389. The van der Waals surface area contributed by atoms with Gasteiger partial charge in [0, 0.05) is 5.69 Å². The minimum atomic E-state index is -0.824. The van der Waals surface area contributed by atoms with Crippen LogP contribution in [0, 0.1) is 0 Å². The first-order chi connectivity index (χ1) is 7.20. The van der Waals surface area contributed by atoms with Gasteiger partial charge in [-0.15, -0.1) is 0 Å². The van der Waals surface area contributed by atoms with Crippen LogP contribution in [0.4, 0.5) is 5.69 Å². The van der Waals surface area contributed by atoms with E-state index >= 15 is 0 Å². The zero-order chi connectivity index (χ0) is 10.8. The van der Waals surface area contributed by atoms with Crippen LogP contribution >= 0.6 is 0 Å². The Hall–Kier alpha value is -1.55. The van der Waals surface area contributed by atoms with Crippen molar-refractivity contribution in [2.75, 3.05) is 5.32 Å². The van der Waals surface area contributed by atoms with Crippen molar-refractivity contribution in [1.29, 1.82) is 0 Å². The molecule has 0 saturated carbocycles. The van der Waals surface area contributed by atoms with Crippen molar-refractivity contribution < 1.29 is 15.0 Å². The van der Waals surface area contributed by atoms with Crippen molar-refractivity contribution in [2.45, 2.75) is 25.5 Å². The van der Waals surface area contributed by atoms with Crippen LogP contribution in [0.25, 0.3) is 0 Å². The number of carboxylic acid groups (broad SMARTS) is 1. The molecule has 4 nitrogen and oxygen atoms in total. The van der Waals surface area contributed by atoms with Crippen molar-refractivity contribution in [3.8, 4) is 0 Å². The average Bonchev–Trinajstić information content (AvgIpc) is 2.27. The third kappa shape index (κ3) is 1.94. The number of aliphatic hydroxyl groups is 1. The molecule has 0 fully saturated rings. The summed E-state index contributed by atoms with van der Waals surface area (Å²) in [5.41, 5.74) is 2.75. The Morgan fingerprint density at radius 1 is 1.53 bits per heavy atom. The molecule has 1 aromatic rings. The second-order valence-corrected chi connectivity index (χ2v) is 3.72. The van der Waals surface area contributed by atoms with Gasteiger partial charge in [-0.05, 0) is 30.0 Å². The van der Waals surface area contributed by atoms with Crippen LogP contribution < -0.4 is 5.32 Å². The molecule has 2 rings (SSSR count). The molecule has 0 aliphatic carbocycles. The van der Waals surface area contributed by atoms with Crippen molar-refractivity contribution in [2.24, 2.45) is 0 Å². The monoisotopic (exact) mass is 207 g/mol. The summed E-state index contributed by atoms with van der Waals surface area (Å²) in [6.45, 7) is -0.0211. The molecule has 80 valence electrons. The smallest absolute Gasteiger partial charge is 0.326 e. The largest absolute Gasteiger partial charge is 0.480 e. The van der Waals surface area contributed by atoms with Crippen molar-refractivity contribution >= 4 is 11.7 Å². The van der Waals surface area contributed by atoms with E-state index in [1.807, 2.05) is 18.2 Å². The first kappa shape index (κ1) is 9.98. The number of hydrogen-bond acceptors (Lipinski definition) is 3. The molecule has 0 aromatic heterocycles. The normalized spacial score (nSPS) is 19.1. The highest BCUT2D eigenvalue weighted by Gasteiger charge is 2.23. The number of benzene rings is 1. The van der Waals surface area contributed by atoms with Gasteiger partial charge < -0.3 is 15.5 Å². The van der Waals surface area contributed by atoms with E-state index in [0.29, 0.717) is 6.42 Å². The number of nitrogens with one attached hydrogen (secondary N) is 1. The van der Waals surface area contributed by atoms with Gasteiger partial charge in [-0.3, -0.25) is 0 Å². The Morgan fingerprint density at radius 3 is 3.00 bits per heavy atom. The van der Waals surface area contributed by atoms with Crippen LogP contribution in [-0.4, -0.2) is 22.2 Å². The van der Waals surface area contributed by atoms with E-state index in [-0.39, 0.29) is 6.61 Å². The van der Waals surface area contributed by atoms with Gasteiger partial charge in [-0.2, -0.15) is 0 Å². The highest BCUT2D eigenvalue weighted by Crippen LogP contribution is 2.26. The maximum absolute atomic E-state index is 10.8. The van der Waals surface area contributed by atoms with E-state index < -0.39 is 12.0 Å². The van der Waals surface area contributed by atoms with E-state index in [2.05, 4.69) is 5.32 Å². The van der Waals surface area contributed by atoms with Crippen LogP contribution in [-0.2, 0) is 17.8 Å². The molecule has 3 N–H and O–H groups in total. The fourth-order valence-electron chi connectivity index (χ4n) is 1.82. The number of fused-ring (bicyclic) bond motifs is 1. The van der Waals surface area contributed by atoms with Crippen LogP contribution in [0.1, 0.15) is 17.5 Å². The van der Waals surface area contributed by atoms with Crippen LogP contribution in [0.15, 0.2) is 18.2 Å². The van der Waals surface area contributed by atoms with Crippen molar-refractivity contribution in [1.82, 2.24) is 0 Å². The summed E-state index contributed by atoms with van der Waals surface area (Å²) in [5, 5.41) is 20.8. The number of carbonyl (C=O) groups is 1. The van der Waals surface area contributed by atoms with Gasteiger partial charge >= 0.3 is 5.97 Å². The Kier molecular flexibility index (Phi) is 2.60. The molecule has 15 heavy (non-hydrogen) atoms. The maximum Gasteiger partial charge on any atom is 0.326 e. The van der Waals surface area contributed by atoms with E-state index in [9.17, 15) is 4.79 Å². The second kappa shape index (κ2) is 3.90. The number of aliphatic carboxylic acids is 1. The van der Waals surface area contributed by atoms with Gasteiger partial charge in [-0.1, -0.05) is 12.1 Å². The number of anilines is 1. The highest BCUT2D eigenvalue weighted by atomic mass is 16.4. The van der Waals surface area contributed by atoms with Crippen LogP contribution in [0.2, 0.25) is 0 Å². The average molecular weight is 207 g/mol. The first-order valence-corrected chi connectivity index (χ1v) is 4.92. The summed E-state index contributed by atoms with van der Waals surface area (Å²) in [5.74, 6) is -0.824. The standard InChI is InChI=1S/C11H13NO3/c13-6-7-1-2-8-3-4-9(11(14)15)12-10(8)5-7/h1-2,5,9,12-13H,3-4,6H2,(H,14,15). The molecule has 0 spiro atoms. The minimum absolute atomic E-state index is 0.0211. The van der Waals surface area contributed by atoms with E-state index in [1.54, 1.807) is 0 Å². The topological polar surface area (TPSA) is 69.6 Å². The molecule has 1 unspecified atom stereocenters. The predicted octanol–water partition coefficient (Wildman–Crippen LogP) is 0.990. The third-order valence-corrected chi connectivity index (χ3v) is 2.69. The summed E-state index contributed by atoms with van der Waals surface area (Å²) in [6.07, 6.45) is 1.38. The molecule has 0 radical (unpaired) electrons. The summed E-state index contributed by atoms with van der Waals surface area (Å²) < 4.78 is 0. The van der Waals surface area contributed by atoms with Crippen molar-refractivity contribution in [3.05, 3.63) is 29.3 Å². The van der Waals surface area contributed by atoms with Gasteiger partial charge in [-0.25, -0.2) is 4.79 Å². The van der Waals surface area contributed by atoms with Gasteiger partial charge in [0.15, 0.2) is 0 Å². The Labute approximate surface area is 87.6 Å². The zero-order valence-electron chi connectivity index (χ0n) is 8.23.